The summed E-state index contributed by atoms with van der Waals surface area (Å²) in [6.45, 7) is -0.579. The monoisotopic (exact) mass is 319 g/mol. The third-order valence-corrected chi connectivity index (χ3v) is 2.55. The molecule has 11 heteroatoms. The second-order valence-electron chi connectivity index (χ2n) is 4.14. The van der Waals surface area contributed by atoms with E-state index in [1.807, 2.05) is 5.43 Å². The Balaban J connectivity index is 1.88. The van der Waals surface area contributed by atoms with E-state index in [-0.39, 0.29) is 35.4 Å². The number of carbonyl (C=O) groups excluding carboxylic acids is 2. The summed E-state index contributed by atoms with van der Waals surface area (Å²) in [4.78, 5) is 21.6. The van der Waals surface area contributed by atoms with Crippen LogP contribution in [0.25, 0.3) is 0 Å². The van der Waals surface area contributed by atoms with E-state index >= 15 is 0 Å². The minimum Gasteiger partial charge on any atom is -0.739 e. The van der Waals surface area contributed by atoms with Crippen molar-refractivity contribution in [1.82, 2.24) is 10.7 Å². The Hall–Kier alpha value is -2.69. The molecule has 22 heavy (non-hydrogen) atoms. The zero-order chi connectivity index (χ0) is 16.3. The van der Waals surface area contributed by atoms with Crippen molar-refractivity contribution in [2.75, 3.05) is 23.6 Å². The van der Waals surface area contributed by atoms with Crippen LogP contribution in [-0.2, 0) is 4.79 Å². The highest BCUT2D eigenvalue weighted by molar-refractivity contribution is 5.98. The van der Waals surface area contributed by atoms with Crippen molar-refractivity contribution in [3.05, 3.63) is 23.4 Å². The second kappa shape index (κ2) is 5.97. The molecular formula is C11H10F3N4O4-. The standard InChI is InChI=1S/C11H10F3N4O4/c12-11(13,14)9(19)15-3-4-22-6-1-2-7-8(5-6)18(21)17-10(20)16-7/h1-2,5H,3-4H2,(H,15,19)(H2,16,17,20)/q-1. The van der Waals surface area contributed by atoms with Crippen LogP contribution in [0.5, 0.6) is 5.75 Å². The summed E-state index contributed by atoms with van der Waals surface area (Å²) in [5.74, 6) is -1.86. The van der Waals surface area contributed by atoms with Crippen LogP contribution >= 0.6 is 0 Å². The number of nitrogens with one attached hydrogen (secondary N) is 3. The zero-order valence-corrected chi connectivity index (χ0v) is 10.9. The molecule has 0 atom stereocenters. The molecular weight excluding hydrogens is 309 g/mol. The van der Waals surface area contributed by atoms with Crippen LogP contribution in [0.4, 0.5) is 29.3 Å². The number of halogens is 3. The average molecular weight is 319 g/mol. The number of fused-ring (bicyclic) bond motifs is 1. The summed E-state index contributed by atoms with van der Waals surface area (Å²) in [7, 11) is 0. The lowest BCUT2D eigenvalue weighted by Crippen LogP contribution is -2.45. The Labute approximate surface area is 121 Å². The maximum atomic E-state index is 11.9. The number of alkyl halides is 3. The Morgan fingerprint density at radius 3 is 2.82 bits per heavy atom. The van der Waals surface area contributed by atoms with Gasteiger partial charge in [0, 0.05) is 6.07 Å². The smallest absolute Gasteiger partial charge is 0.471 e. The quantitative estimate of drug-likeness (QED) is 0.721. The summed E-state index contributed by atoms with van der Waals surface area (Å²) in [6, 6.07) is 3.43. The molecule has 1 aliphatic heterocycles. The van der Waals surface area contributed by atoms with Crippen molar-refractivity contribution < 1.29 is 27.5 Å². The van der Waals surface area contributed by atoms with Crippen LogP contribution < -0.4 is 26.0 Å². The highest BCUT2D eigenvalue weighted by Gasteiger charge is 2.38. The van der Waals surface area contributed by atoms with Gasteiger partial charge in [-0.25, -0.2) is 4.79 Å². The lowest BCUT2D eigenvalue weighted by Gasteiger charge is -2.36. The molecule has 1 aromatic rings. The first-order valence-electron chi connectivity index (χ1n) is 5.94. The van der Waals surface area contributed by atoms with Crippen LogP contribution in [0.1, 0.15) is 0 Å². The Morgan fingerprint density at radius 1 is 1.41 bits per heavy atom. The van der Waals surface area contributed by atoms with Gasteiger partial charge in [0.15, 0.2) is 0 Å². The number of amides is 3. The summed E-state index contributed by atoms with van der Waals surface area (Å²) >= 11 is 0. The number of hydrogen-bond donors (Lipinski definition) is 3. The number of anilines is 2. The Morgan fingerprint density at radius 2 is 2.14 bits per heavy atom. The topological polar surface area (TPSA) is 106 Å². The SMILES string of the molecule is O=C1Nc2ccc(OCCNC(=O)C(F)(F)F)cc2N([O-])N1. The van der Waals surface area contributed by atoms with Crippen molar-refractivity contribution >= 4 is 23.3 Å². The first-order chi connectivity index (χ1) is 10.3. The molecule has 3 N–H and O–H groups in total. The number of rotatable bonds is 4. The third kappa shape index (κ3) is 3.69. The maximum Gasteiger partial charge on any atom is 0.471 e. The predicted octanol–water partition coefficient (Wildman–Crippen LogP) is 1.10. The van der Waals surface area contributed by atoms with Crippen molar-refractivity contribution in [3.8, 4) is 5.75 Å². The van der Waals surface area contributed by atoms with Gasteiger partial charge in [0.2, 0.25) is 0 Å². The highest BCUT2D eigenvalue weighted by atomic mass is 19.4. The second-order valence-corrected chi connectivity index (χ2v) is 4.14. The minimum atomic E-state index is -4.95. The summed E-state index contributed by atoms with van der Waals surface area (Å²) < 4.78 is 40.9. The van der Waals surface area contributed by atoms with Gasteiger partial charge in [0.1, 0.15) is 12.4 Å². The number of urea groups is 1. The van der Waals surface area contributed by atoms with E-state index in [1.165, 1.54) is 18.2 Å². The van der Waals surface area contributed by atoms with Crippen molar-refractivity contribution in [1.29, 1.82) is 0 Å². The molecule has 0 saturated heterocycles. The summed E-state index contributed by atoms with van der Waals surface area (Å²) in [5, 5.41) is 15.7. The molecule has 0 saturated carbocycles. The first kappa shape index (κ1) is 15.7. The number of benzene rings is 1. The molecule has 1 aliphatic rings. The van der Waals surface area contributed by atoms with E-state index in [0.29, 0.717) is 0 Å². The predicted molar refractivity (Wildman–Crippen MR) is 69.0 cm³/mol. The molecule has 0 radical (unpaired) electrons. The normalized spacial score (nSPS) is 13.8. The fraction of sp³-hybridized carbons (Fsp3) is 0.273. The van der Waals surface area contributed by atoms with Gasteiger partial charge in [0.25, 0.3) is 0 Å². The largest absolute Gasteiger partial charge is 0.739 e. The molecule has 3 amide bonds. The molecule has 0 unspecified atom stereocenters. The van der Waals surface area contributed by atoms with E-state index in [2.05, 4.69) is 5.32 Å². The van der Waals surface area contributed by atoms with Crippen molar-refractivity contribution in [3.63, 3.8) is 0 Å². The number of hydrogen-bond acceptors (Lipinski definition) is 5. The van der Waals surface area contributed by atoms with Gasteiger partial charge < -0.3 is 25.7 Å². The molecule has 2 rings (SSSR count). The van der Waals surface area contributed by atoms with E-state index in [4.69, 9.17) is 4.74 Å². The van der Waals surface area contributed by atoms with Gasteiger partial charge in [0.05, 0.1) is 17.9 Å². The number of carbonyl (C=O) groups is 2. The van der Waals surface area contributed by atoms with Crippen LogP contribution in [0.2, 0.25) is 0 Å². The Bertz CT molecular complexity index is 593. The van der Waals surface area contributed by atoms with Gasteiger partial charge in [-0.15, -0.1) is 0 Å². The number of hydrazine groups is 1. The van der Waals surface area contributed by atoms with Crippen molar-refractivity contribution in [2.45, 2.75) is 6.18 Å². The van der Waals surface area contributed by atoms with Gasteiger partial charge in [-0.05, 0) is 12.1 Å². The van der Waals surface area contributed by atoms with Crippen molar-refractivity contribution in [2.24, 2.45) is 0 Å². The zero-order valence-electron chi connectivity index (χ0n) is 10.9. The summed E-state index contributed by atoms with van der Waals surface area (Å²) in [6.07, 6.45) is -4.95. The first-order valence-corrected chi connectivity index (χ1v) is 5.94. The minimum absolute atomic E-state index is 0.0800. The highest BCUT2D eigenvalue weighted by Crippen LogP contribution is 2.31. The van der Waals surface area contributed by atoms with Gasteiger partial charge in [-0.3, -0.25) is 10.2 Å². The van der Waals surface area contributed by atoms with E-state index in [1.54, 1.807) is 5.32 Å². The van der Waals surface area contributed by atoms with E-state index in [9.17, 15) is 28.0 Å². The molecule has 1 heterocycles. The number of ether oxygens (including phenoxy) is 1. The van der Waals surface area contributed by atoms with Crippen LogP contribution in [0, 0.1) is 5.21 Å². The molecule has 0 aliphatic carbocycles. The molecule has 120 valence electrons. The van der Waals surface area contributed by atoms with Gasteiger partial charge in [-0.1, -0.05) is 0 Å². The maximum absolute atomic E-state index is 11.9. The molecule has 1 aromatic carbocycles. The van der Waals surface area contributed by atoms with E-state index in [0.717, 1.165) is 0 Å². The van der Waals surface area contributed by atoms with Gasteiger partial charge in [-0.2, -0.15) is 13.2 Å². The fourth-order valence-electron chi connectivity index (χ4n) is 1.61. The summed E-state index contributed by atoms with van der Waals surface area (Å²) in [5.41, 5.74) is 2.29. The average Bonchev–Trinajstić information content (AvgIpc) is 2.42. The van der Waals surface area contributed by atoms with Gasteiger partial charge >= 0.3 is 18.1 Å². The number of nitrogens with zero attached hydrogens (tertiary/aromatic N) is 1. The van der Waals surface area contributed by atoms with E-state index < -0.39 is 18.1 Å². The fourth-order valence-corrected chi connectivity index (χ4v) is 1.61. The third-order valence-electron chi connectivity index (χ3n) is 2.55. The lowest BCUT2D eigenvalue weighted by molar-refractivity contribution is -0.173. The molecule has 0 fully saturated rings. The van der Waals surface area contributed by atoms with Crippen LogP contribution in [0.3, 0.4) is 0 Å². The lowest BCUT2D eigenvalue weighted by atomic mass is 10.2. The molecule has 8 nitrogen and oxygen atoms in total. The molecule has 0 spiro atoms. The molecule has 0 aromatic heterocycles. The van der Waals surface area contributed by atoms with Crippen LogP contribution in [-0.4, -0.2) is 31.3 Å². The Kier molecular flexibility index (Phi) is 4.26. The molecule has 0 bridgehead atoms. The van der Waals surface area contributed by atoms with Crippen LogP contribution in [0.15, 0.2) is 18.2 Å².